The van der Waals surface area contributed by atoms with Crippen LogP contribution >= 0.6 is 31.9 Å². The Morgan fingerprint density at radius 2 is 1.90 bits per heavy atom. The summed E-state index contributed by atoms with van der Waals surface area (Å²) in [6, 6.07) is 6.61. The first kappa shape index (κ1) is 16.4. The van der Waals surface area contributed by atoms with E-state index in [2.05, 4.69) is 74.1 Å². The summed E-state index contributed by atoms with van der Waals surface area (Å²) in [5.41, 5.74) is 1.07. The summed E-state index contributed by atoms with van der Waals surface area (Å²) >= 11 is 7.11. The van der Waals surface area contributed by atoms with E-state index < -0.39 is 0 Å². The highest BCUT2D eigenvalue weighted by Gasteiger charge is 2.35. The number of aliphatic hydroxyl groups is 1. The van der Waals surface area contributed by atoms with Crippen LogP contribution in [-0.4, -0.2) is 42.8 Å². The van der Waals surface area contributed by atoms with Crippen LogP contribution in [0.15, 0.2) is 27.1 Å². The third-order valence-corrected chi connectivity index (χ3v) is 5.80. The van der Waals surface area contributed by atoms with Crippen molar-refractivity contribution >= 4 is 31.9 Å². The van der Waals surface area contributed by atoms with E-state index in [0.717, 1.165) is 35.1 Å². The number of benzene rings is 1. The molecule has 0 saturated carbocycles. The molecule has 0 aliphatic carbocycles. The standard InChI is InChI=1S/C15H22Br2N2O/c1-15(2,10-20)14(19-7-5-18-6-8-19)11-3-4-12(16)13(17)9-11/h3-4,9,14,18,20H,5-8,10H2,1-2H3/t14-/m0/s1. The van der Waals surface area contributed by atoms with Gasteiger partial charge in [-0.3, -0.25) is 4.90 Å². The van der Waals surface area contributed by atoms with Gasteiger partial charge in [0.15, 0.2) is 0 Å². The lowest BCUT2D eigenvalue weighted by atomic mass is 9.80. The molecule has 0 spiro atoms. The average Bonchev–Trinajstić information content (AvgIpc) is 2.44. The number of piperazine rings is 1. The summed E-state index contributed by atoms with van der Waals surface area (Å²) in [6.07, 6.45) is 0. The molecular formula is C15H22Br2N2O. The number of halogens is 2. The molecule has 1 aliphatic heterocycles. The van der Waals surface area contributed by atoms with Gasteiger partial charge >= 0.3 is 0 Å². The fourth-order valence-electron chi connectivity index (χ4n) is 2.87. The SMILES string of the molecule is CC(C)(CO)[C@H](c1ccc(Br)c(Br)c1)N1CCNCC1. The molecule has 1 heterocycles. The van der Waals surface area contributed by atoms with Crippen LogP contribution in [0.2, 0.25) is 0 Å². The monoisotopic (exact) mass is 404 g/mol. The zero-order chi connectivity index (χ0) is 14.8. The molecule has 1 saturated heterocycles. The van der Waals surface area contributed by atoms with Gasteiger partial charge in [0.25, 0.3) is 0 Å². The number of nitrogens with zero attached hydrogens (tertiary/aromatic N) is 1. The molecule has 1 fully saturated rings. The molecule has 1 aromatic rings. The third-order valence-electron chi connectivity index (χ3n) is 3.92. The van der Waals surface area contributed by atoms with Gasteiger partial charge in [-0.15, -0.1) is 0 Å². The van der Waals surface area contributed by atoms with Crippen LogP contribution < -0.4 is 5.32 Å². The lowest BCUT2D eigenvalue weighted by molar-refractivity contribution is 0.0305. The van der Waals surface area contributed by atoms with Crippen LogP contribution in [0.4, 0.5) is 0 Å². The molecule has 0 amide bonds. The Balaban J connectivity index is 2.36. The molecule has 1 aromatic carbocycles. The second kappa shape index (κ2) is 6.88. The zero-order valence-electron chi connectivity index (χ0n) is 12.0. The summed E-state index contributed by atoms with van der Waals surface area (Å²) in [4.78, 5) is 2.47. The lowest BCUT2D eigenvalue weighted by Gasteiger charge is -2.43. The van der Waals surface area contributed by atoms with Gasteiger partial charge in [-0.2, -0.15) is 0 Å². The van der Waals surface area contributed by atoms with E-state index in [-0.39, 0.29) is 18.1 Å². The molecule has 20 heavy (non-hydrogen) atoms. The first-order valence-electron chi connectivity index (χ1n) is 6.96. The van der Waals surface area contributed by atoms with E-state index in [1.165, 1.54) is 5.56 Å². The van der Waals surface area contributed by atoms with Crippen molar-refractivity contribution in [1.82, 2.24) is 10.2 Å². The summed E-state index contributed by atoms with van der Waals surface area (Å²) in [6.45, 7) is 8.50. The van der Waals surface area contributed by atoms with E-state index in [4.69, 9.17) is 0 Å². The van der Waals surface area contributed by atoms with Gasteiger partial charge in [0, 0.05) is 53.2 Å². The molecule has 112 valence electrons. The molecule has 1 aliphatic rings. The number of nitrogens with one attached hydrogen (secondary N) is 1. The molecule has 2 N–H and O–H groups in total. The highest BCUT2D eigenvalue weighted by molar-refractivity contribution is 9.13. The first-order valence-corrected chi connectivity index (χ1v) is 8.55. The molecule has 0 bridgehead atoms. The van der Waals surface area contributed by atoms with Gasteiger partial charge in [0.05, 0.1) is 0 Å². The van der Waals surface area contributed by atoms with Crippen LogP contribution in [-0.2, 0) is 0 Å². The van der Waals surface area contributed by atoms with Crippen molar-refractivity contribution in [2.45, 2.75) is 19.9 Å². The lowest BCUT2D eigenvalue weighted by Crippen LogP contribution is -2.49. The molecule has 2 rings (SSSR count). The number of hydrogen-bond acceptors (Lipinski definition) is 3. The molecule has 3 nitrogen and oxygen atoms in total. The van der Waals surface area contributed by atoms with Gasteiger partial charge in [0.2, 0.25) is 0 Å². The second-order valence-corrected chi connectivity index (χ2v) is 7.72. The Hall–Kier alpha value is 0.0600. The third kappa shape index (κ3) is 3.63. The summed E-state index contributed by atoms with van der Waals surface area (Å²) in [5, 5.41) is 13.2. The van der Waals surface area contributed by atoms with Crippen molar-refractivity contribution in [2.75, 3.05) is 32.8 Å². The Labute approximate surface area is 138 Å². The Morgan fingerprint density at radius 3 is 2.45 bits per heavy atom. The minimum Gasteiger partial charge on any atom is -0.396 e. The van der Waals surface area contributed by atoms with Crippen molar-refractivity contribution < 1.29 is 5.11 Å². The van der Waals surface area contributed by atoms with Gasteiger partial charge < -0.3 is 10.4 Å². The second-order valence-electron chi connectivity index (χ2n) is 6.01. The Morgan fingerprint density at radius 1 is 1.25 bits per heavy atom. The van der Waals surface area contributed by atoms with Crippen molar-refractivity contribution in [1.29, 1.82) is 0 Å². The highest BCUT2D eigenvalue weighted by atomic mass is 79.9. The zero-order valence-corrected chi connectivity index (χ0v) is 15.2. The minimum atomic E-state index is -0.176. The first-order chi connectivity index (χ1) is 9.45. The van der Waals surface area contributed by atoms with Gasteiger partial charge in [-0.1, -0.05) is 19.9 Å². The van der Waals surface area contributed by atoms with Crippen molar-refractivity contribution in [3.8, 4) is 0 Å². The Kier molecular flexibility index (Phi) is 5.65. The highest BCUT2D eigenvalue weighted by Crippen LogP contribution is 2.40. The number of rotatable bonds is 4. The molecule has 0 aromatic heterocycles. The fourth-order valence-corrected chi connectivity index (χ4v) is 3.51. The van der Waals surface area contributed by atoms with Crippen LogP contribution in [0.25, 0.3) is 0 Å². The van der Waals surface area contributed by atoms with Crippen LogP contribution in [0, 0.1) is 5.41 Å². The van der Waals surface area contributed by atoms with Gasteiger partial charge in [-0.05, 0) is 49.6 Å². The molecule has 0 unspecified atom stereocenters. The number of aliphatic hydroxyl groups excluding tert-OH is 1. The topological polar surface area (TPSA) is 35.5 Å². The maximum Gasteiger partial charge on any atom is 0.0500 e. The van der Waals surface area contributed by atoms with Crippen molar-refractivity contribution in [3.05, 3.63) is 32.7 Å². The van der Waals surface area contributed by atoms with Crippen molar-refractivity contribution in [2.24, 2.45) is 5.41 Å². The van der Waals surface area contributed by atoms with Gasteiger partial charge in [-0.25, -0.2) is 0 Å². The fraction of sp³-hybridized carbons (Fsp3) is 0.600. The normalized spacial score (nSPS) is 19.1. The Bertz CT molecular complexity index is 459. The summed E-state index contributed by atoms with van der Waals surface area (Å²) < 4.78 is 2.12. The van der Waals surface area contributed by atoms with E-state index in [1.54, 1.807) is 0 Å². The van der Waals surface area contributed by atoms with Crippen LogP contribution in [0.1, 0.15) is 25.5 Å². The van der Waals surface area contributed by atoms with Crippen LogP contribution in [0.5, 0.6) is 0 Å². The molecule has 1 atom stereocenters. The van der Waals surface area contributed by atoms with E-state index in [0.29, 0.717) is 0 Å². The summed E-state index contributed by atoms with van der Waals surface area (Å²) in [5.74, 6) is 0. The molecule has 5 heteroatoms. The van der Waals surface area contributed by atoms with Gasteiger partial charge in [0.1, 0.15) is 0 Å². The largest absolute Gasteiger partial charge is 0.396 e. The quantitative estimate of drug-likeness (QED) is 0.807. The average molecular weight is 406 g/mol. The molecular weight excluding hydrogens is 384 g/mol. The summed E-state index contributed by atoms with van der Waals surface area (Å²) in [7, 11) is 0. The van der Waals surface area contributed by atoms with Crippen LogP contribution in [0.3, 0.4) is 0 Å². The number of hydrogen-bond donors (Lipinski definition) is 2. The maximum atomic E-state index is 9.82. The van der Waals surface area contributed by atoms with E-state index in [9.17, 15) is 5.11 Å². The van der Waals surface area contributed by atoms with E-state index >= 15 is 0 Å². The predicted molar refractivity (Wildman–Crippen MR) is 89.9 cm³/mol. The minimum absolute atomic E-state index is 0.176. The smallest absolute Gasteiger partial charge is 0.0500 e. The van der Waals surface area contributed by atoms with Crippen molar-refractivity contribution in [3.63, 3.8) is 0 Å². The maximum absolute atomic E-state index is 9.82. The molecule has 0 radical (unpaired) electrons. The van der Waals surface area contributed by atoms with E-state index in [1.807, 2.05) is 0 Å². The predicted octanol–water partition coefficient (Wildman–Crippen LogP) is 3.18.